The van der Waals surface area contributed by atoms with Gasteiger partial charge in [0.15, 0.2) is 0 Å². The highest BCUT2D eigenvalue weighted by Gasteiger charge is 2.16. The summed E-state index contributed by atoms with van der Waals surface area (Å²) in [5.74, 6) is -0.409. The van der Waals surface area contributed by atoms with Crippen molar-refractivity contribution in [1.82, 2.24) is 4.98 Å². The molecule has 1 aromatic rings. The van der Waals surface area contributed by atoms with Crippen molar-refractivity contribution in [2.45, 2.75) is 26.2 Å². The lowest BCUT2D eigenvalue weighted by molar-refractivity contribution is 0.1000. The first-order chi connectivity index (χ1) is 5.91. The molecule has 13 heavy (non-hydrogen) atoms. The molecule has 0 unspecified atom stereocenters. The normalized spacial score (nSPS) is 11.3. The lowest BCUT2D eigenvalue weighted by Crippen LogP contribution is -2.17. The summed E-state index contributed by atoms with van der Waals surface area (Å²) in [7, 11) is 0. The van der Waals surface area contributed by atoms with Crippen LogP contribution in [0.3, 0.4) is 0 Å². The molecule has 0 aliphatic heterocycles. The van der Waals surface area contributed by atoms with E-state index in [9.17, 15) is 4.79 Å². The summed E-state index contributed by atoms with van der Waals surface area (Å²) >= 11 is 0. The van der Waals surface area contributed by atoms with Gasteiger partial charge >= 0.3 is 0 Å². The first-order valence-corrected chi connectivity index (χ1v) is 4.17. The van der Waals surface area contributed by atoms with Gasteiger partial charge in [-0.25, -0.2) is 0 Å². The van der Waals surface area contributed by atoms with E-state index in [2.05, 4.69) is 4.98 Å². The summed E-state index contributed by atoms with van der Waals surface area (Å²) in [4.78, 5) is 15.1. The van der Waals surface area contributed by atoms with Gasteiger partial charge in [-0.2, -0.15) is 0 Å². The molecule has 0 saturated heterocycles. The van der Waals surface area contributed by atoms with E-state index < -0.39 is 5.91 Å². The number of primary amides is 1. The second-order valence-corrected chi connectivity index (χ2v) is 4.04. The summed E-state index contributed by atoms with van der Waals surface area (Å²) in [5.41, 5.74) is 6.50. The van der Waals surface area contributed by atoms with Gasteiger partial charge in [-0.3, -0.25) is 9.78 Å². The number of carbonyl (C=O) groups is 1. The third kappa shape index (κ3) is 2.28. The monoisotopic (exact) mass is 178 g/mol. The van der Waals surface area contributed by atoms with Gasteiger partial charge in [-0.05, 0) is 12.1 Å². The molecule has 0 fully saturated rings. The fraction of sp³-hybridized carbons (Fsp3) is 0.400. The number of nitrogens with two attached hydrogens (primary N) is 1. The van der Waals surface area contributed by atoms with Crippen molar-refractivity contribution >= 4 is 5.91 Å². The maximum Gasteiger partial charge on any atom is 0.248 e. The van der Waals surface area contributed by atoms with Crippen LogP contribution >= 0.6 is 0 Å². The number of amides is 1. The molecule has 0 aromatic carbocycles. The average molecular weight is 178 g/mol. The number of hydrogen-bond donors (Lipinski definition) is 1. The molecule has 0 atom stereocenters. The van der Waals surface area contributed by atoms with E-state index in [4.69, 9.17) is 5.73 Å². The Hall–Kier alpha value is -1.38. The quantitative estimate of drug-likeness (QED) is 0.708. The molecule has 0 bridgehead atoms. The van der Waals surface area contributed by atoms with Crippen LogP contribution in [-0.4, -0.2) is 10.9 Å². The van der Waals surface area contributed by atoms with E-state index in [0.29, 0.717) is 5.56 Å². The topological polar surface area (TPSA) is 56.0 Å². The molecule has 3 heteroatoms. The second kappa shape index (κ2) is 3.17. The van der Waals surface area contributed by atoms with E-state index in [0.717, 1.165) is 5.69 Å². The first-order valence-electron chi connectivity index (χ1n) is 4.17. The third-order valence-electron chi connectivity index (χ3n) is 1.81. The smallest absolute Gasteiger partial charge is 0.248 e. The van der Waals surface area contributed by atoms with Crippen LogP contribution in [0.4, 0.5) is 0 Å². The van der Waals surface area contributed by atoms with Crippen LogP contribution in [0, 0.1) is 0 Å². The number of aromatic nitrogens is 1. The Balaban J connectivity index is 3.13. The van der Waals surface area contributed by atoms with E-state index in [1.54, 1.807) is 18.3 Å². The largest absolute Gasteiger partial charge is 0.366 e. The lowest BCUT2D eigenvalue weighted by atomic mass is 9.91. The van der Waals surface area contributed by atoms with Crippen LogP contribution in [0.2, 0.25) is 0 Å². The Labute approximate surface area is 78.0 Å². The fourth-order valence-corrected chi connectivity index (χ4v) is 0.994. The summed E-state index contributed by atoms with van der Waals surface area (Å²) in [6.07, 6.45) is 1.61. The number of hydrogen-bond acceptors (Lipinski definition) is 2. The van der Waals surface area contributed by atoms with Crippen molar-refractivity contribution in [3.63, 3.8) is 0 Å². The van der Waals surface area contributed by atoms with Crippen molar-refractivity contribution < 1.29 is 4.79 Å². The zero-order chi connectivity index (χ0) is 10.1. The van der Waals surface area contributed by atoms with E-state index in [-0.39, 0.29) is 5.41 Å². The molecule has 0 aliphatic rings. The first kappa shape index (κ1) is 9.71. The molecular weight excluding hydrogens is 164 g/mol. The Morgan fingerprint density at radius 1 is 1.46 bits per heavy atom. The maximum atomic E-state index is 10.9. The van der Waals surface area contributed by atoms with Gasteiger partial charge < -0.3 is 5.73 Å². The number of nitrogens with zero attached hydrogens (tertiary/aromatic N) is 1. The molecule has 2 N–H and O–H groups in total. The van der Waals surface area contributed by atoms with Crippen molar-refractivity contribution in [3.8, 4) is 0 Å². The highest BCUT2D eigenvalue weighted by molar-refractivity contribution is 5.92. The van der Waals surface area contributed by atoms with Gasteiger partial charge in [0.2, 0.25) is 5.91 Å². The highest BCUT2D eigenvalue weighted by atomic mass is 16.1. The van der Waals surface area contributed by atoms with Gasteiger partial charge in [0.1, 0.15) is 0 Å². The van der Waals surface area contributed by atoms with Crippen LogP contribution in [0.15, 0.2) is 18.3 Å². The molecular formula is C10H14N2O. The Morgan fingerprint density at radius 3 is 2.54 bits per heavy atom. The summed E-state index contributed by atoms with van der Waals surface area (Å²) in [6.45, 7) is 6.13. The van der Waals surface area contributed by atoms with E-state index in [1.807, 2.05) is 20.8 Å². The molecule has 0 aliphatic carbocycles. The van der Waals surface area contributed by atoms with Gasteiger partial charge in [0, 0.05) is 22.9 Å². The van der Waals surface area contributed by atoms with Crippen molar-refractivity contribution in [2.75, 3.05) is 0 Å². The maximum absolute atomic E-state index is 10.9. The average Bonchev–Trinajstić information content (AvgIpc) is 2.03. The predicted molar refractivity (Wildman–Crippen MR) is 51.5 cm³/mol. The van der Waals surface area contributed by atoms with E-state index >= 15 is 0 Å². The number of rotatable bonds is 1. The molecule has 70 valence electrons. The van der Waals surface area contributed by atoms with Crippen molar-refractivity contribution in [2.24, 2.45) is 5.73 Å². The van der Waals surface area contributed by atoms with Crippen LogP contribution in [-0.2, 0) is 5.41 Å². The number of pyridine rings is 1. The Bertz CT molecular complexity index is 326. The zero-order valence-electron chi connectivity index (χ0n) is 8.16. The summed E-state index contributed by atoms with van der Waals surface area (Å²) in [6, 6.07) is 3.36. The molecule has 0 spiro atoms. The van der Waals surface area contributed by atoms with Crippen LogP contribution in [0.1, 0.15) is 36.8 Å². The number of carbonyl (C=O) groups excluding carboxylic acids is 1. The van der Waals surface area contributed by atoms with Crippen LogP contribution in [0.5, 0.6) is 0 Å². The molecule has 1 rings (SSSR count). The van der Waals surface area contributed by atoms with Crippen LogP contribution in [0.25, 0.3) is 0 Å². The minimum atomic E-state index is -0.409. The highest BCUT2D eigenvalue weighted by Crippen LogP contribution is 2.20. The SMILES string of the molecule is CC(C)(C)c1cc(C(N)=O)ccn1. The Kier molecular flexibility index (Phi) is 2.36. The molecule has 1 heterocycles. The second-order valence-electron chi connectivity index (χ2n) is 4.04. The summed E-state index contributed by atoms with van der Waals surface area (Å²) in [5, 5.41) is 0. The summed E-state index contributed by atoms with van der Waals surface area (Å²) < 4.78 is 0. The standard InChI is InChI=1S/C10H14N2O/c1-10(2,3)8-6-7(9(11)13)4-5-12-8/h4-6H,1-3H3,(H2,11,13). The van der Waals surface area contributed by atoms with Crippen molar-refractivity contribution in [1.29, 1.82) is 0 Å². The molecule has 1 aromatic heterocycles. The third-order valence-corrected chi connectivity index (χ3v) is 1.81. The molecule has 1 amide bonds. The molecule has 0 saturated carbocycles. The van der Waals surface area contributed by atoms with E-state index in [1.165, 1.54) is 0 Å². The zero-order valence-corrected chi connectivity index (χ0v) is 8.16. The molecule has 0 radical (unpaired) electrons. The predicted octanol–water partition coefficient (Wildman–Crippen LogP) is 1.48. The van der Waals surface area contributed by atoms with Crippen LogP contribution < -0.4 is 5.73 Å². The lowest BCUT2D eigenvalue weighted by Gasteiger charge is -2.17. The minimum absolute atomic E-state index is 0.0501. The van der Waals surface area contributed by atoms with Gasteiger partial charge in [-0.1, -0.05) is 20.8 Å². The molecule has 3 nitrogen and oxygen atoms in total. The van der Waals surface area contributed by atoms with Gasteiger partial charge in [0.25, 0.3) is 0 Å². The van der Waals surface area contributed by atoms with Gasteiger partial charge in [0.05, 0.1) is 0 Å². The fourth-order valence-electron chi connectivity index (χ4n) is 0.994. The van der Waals surface area contributed by atoms with Crippen molar-refractivity contribution in [3.05, 3.63) is 29.6 Å². The van der Waals surface area contributed by atoms with Gasteiger partial charge in [-0.15, -0.1) is 0 Å². The Morgan fingerprint density at radius 2 is 2.08 bits per heavy atom. The minimum Gasteiger partial charge on any atom is -0.366 e.